The monoisotopic (exact) mass is 297 g/mol. The van der Waals surface area contributed by atoms with Gasteiger partial charge in [0.05, 0.1) is 0 Å². The van der Waals surface area contributed by atoms with Gasteiger partial charge in [0.2, 0.25) is 0 Å². The number of carbonyl (C=O) groups excluding carboxylic acids is 1. The molecule has 0 bridgehead atoms. The van der Waals surface area contributed by atoms with E-state index in [0.717, 1.165) is 16.9 Å². The fraction of sp³-hybridized carbons (Fsp3) is 0.125. The molecule has 5 heteroatoms. The van der Waals surface area contributed by atoms with Crippen molar-refractivity contribution in [2.75, 3.05) is 10.6 Å². The molecule has 106 valence electrons. The highest BCUT2D eigenvalue weighted by Crippen LogP contribution is 2.30. The number of aryl methyl sites for hydroxylation is 1. The van der Waals surface area contributed by atoms with Crippen LogP contribution in [0.3, 0.4) is 0 Å². The number of carbonyl (C=O) groups is 1. The van der Waals surface area contributed by atoms with Crippen LogP contribution in [0.1, 0.15) is 17.2 Å². The van der Waals surface area contributed by atoms with Crippen LogP contribution in [0.2, 0.25) is 0 Å². The Hall–Kier alpha value is -2.40. The second-order valence-corrected chi connectivity index (χ2v) is 5.38. The second kappa shape index (κ2) is 5.54. The first-order valence-electron chi connectivity index (χ1n) is 6.67. The van der Waals surface area contributed by atoms with Crippen LogP contribution in [0.15, 0.2) is 48.5 Å². The number of nitrogens with one attached hydrogen (secondary N) is 3. The molecule has 21 heavy (non-hydrogen) atoms. The molecule has 4 nitrogen and oxygen atoms in total. The number of amides is 1. The number of anilines is 2. The van der Waals surface area contributed by atoms with Crippen LogP contribution in [0.4, 0.5) is 11.4 Å². The Kier molecular flexibility index (Phi) is 3.58. The van der Waals surface area contributed by atoms with Crippen molar-refractivity contribution in [3.8, 4) is 0 Å². The first-order valence-corrected chi connectivity index (χ1v) is 7.08. The molecule has 1 unspecified atom stereocenters. The van der Waals surface area contributed by atoms with Crippen LogP contribution < -0.4 is 16.0 Å². The number of thiocarbonyl (C=S) groups is 1. The highest BCUT2D eigenvalue weighted by Gasteiger charge is 2.30. The third-order valence-electron chi connectivity index (χ3n) is 3.38. The predicted molar refractivity (Wildman–Crippen MR) is 88.3 cm³/mol. The third-order valence-corrected chi connectivity index (χ3v) is 3.60. The Morgan fingerprint density at radius 2 is 1.86 bits per heavy atom. The van der Waals surface area contributed by atoms with Crippen LogP contribution in [-0.4, -0.2) is 11.0 Å². The van der Waals surface area contributed by atoms with Gasteiger partial charge < -0.3 is 16.0 Å². The quantitative estimate of drug-likeness (QED) is 0.746. The molecule has 1 atom stereocenters. The van der Waals surface area contributed by atoms with Gasteiger partial charge in [-0.05, 0) is 37.3 Å². The molecule has 0 radical (unpaired) electrons. The topological polar surface area (TPSA) is 53.2 Å². The fourth-order valence-corrected chi connectivity index (χ4v) is 2.52. The summed E-state index contributed by atoms with van der Waals surface area (Å²) < 4.78 is 0. The third kappa shape index (κ3) is 2.87. The largest absolute Gasteiger partial charge is 0.347 e. The highest BCUT2D eigenvalue weighted by molar-refractivity contribution is 7.80. The lowest BCUT2D eigenvalue weighted by Crippen LogP contribution is -2.35. The molecule has 3 rings (SSSR count). The summed E-state index contributed by atoms with van der Waals surface area (Å²) in [5.41, 5.74) is 3.82. The van der Waals surface area contributed by atoms with Crippen LogP contribution in [0.5, 0.6) is 0 Å². The van der Waals surface area contributed by atoms with Crippen LogP contribution in [0.25, 0.3) is 0 Å². The average molecular weight is 297 g/mol. The van der Waals surface area contributed by atoms with Crippen molar-refractivity contribution in [3.05, 3.63) is 59.7 Å². The van der Waals surface area contributed by atoms with Crippen molar-refractivity contribution in [1.82, 2.24) is 5.32 Å². The van der Waals surface area contributed by atoms with E-state index in [0.29, 0.717) is 5.11 Å². The van der Waals surface area contributed by atoms with E-state index < -0.39 is 6.04 Å². The highest BCUT2D eigenvalue weighted by atomic mass is 32.1. The van der Waals surface area contributed by atoms with Crippen LogP contribution >= 0.6 is 12.2 Å². The maximum absolute atomic E-state index is 12.0. The lowest BCUT2D eigenvalue weighted by atomic mass is 10.1. The van der Waals surface area contributed by atoms with E-state index in [1.165, 1.54) is 5.56 Å². The summed E-state index contributed by atoms with van der Waals surface area (Å²) in [6, 6.07) is 15.1. The summed E-state index contributed by atoms with van der Waals surface area (Å²) in [5, 5.41) is 9.41. The minimum atomic E-state index is -0.452. The van der Waals surface area contributed by atoms with Gasteiger partial charge in [-0.1, -0.05) is 35.9 Å². The van der Waals surface area contributed by atoms with Gasteiger partial charge in [-0.15, -0.1) is 0 Å². The number of benzene rings is 2. The maximum Gasteiger partial charge on any atom is 0.251 e. The molecule has 1 heterocycles. The van der Waals surface area contributed by atoms with Gasteiger partial charge in [-0.25, -0.2) is 0 Å². The summed E-state index contributed by atoms with van der Waals surface area (Å²) in [6.45, 7) is 2.03. The zero-order valence-electron chi connectivity index (χ0n) is 11.5. The molecule has 0 saturated carbocycles. The zero-order chi connectivity index (χ0) is 14.8. The Morgan fingerprint density at radius 1 is 1.14 bits per heavy atom. The Balaban J connectivity index is 1.70. The number of hydrogen-bond donors (Lipinski definition) is 3. The van der Waals surface area contributed by atoms with Gasteiger partial charge in [0.25, 0.3) is 5.91 Å². The van der Waals surface area contributed by atoms with E-state index >= 15 is 0 Å². The van der Waals surface area contributed by atoms with Crippen molar-refractivity contribution in [1.29, 1.82) is 0 Å². The lowest BCUT2D eigenvalue weighted by molar-refractivity contribution is -0.117. The summed E-state index contributed by atoms with van der Waals surface area (Å²) in [6.07, 6.45) is 0. The first kappa shape index (κ1) is 13.6. The van der Waals surface area contributed by atoms with Crippen LogP contribution in [0, 0.1) is 6.92 Å². The molecule has 1 aliphatic rings. The van der Waals surface area contributed by atoms with Gasteiger partial charge in [-0.3, -0.25) is 4.79 Å². The van der Waals surface area contributed by atoms with Crippen molar-refractivity contribution >= 4 is 34.6 Å². The van der Waals surface area contributed by atoms with Crippen molar-refractivity contribution in [3.63, 3.8) is 0 Å². The van der Waals surface area contributed by atoms with E-state index in [-0.39, 0.29) is 5.91 Å². The molecule has 2 aromatic carbocycles. The number of fused-ring (bicyclic) bond motifs is 1. The lowest BCUT2D eigenvalue weighted by Gasteiger charge is -2.15. The summed E-state index contributed by atoms with van der Waals surface area (Å²) in [5.74, 6) is -0.0933. The van der Waals surface area contributed by atoms with Gasteiger partial charge in [-0.2, -0.15) is 0 Å². The summed E-state index contributed by atoms with van der Waals surface area (Å²) >= 11 is 5.29. The van der Waals surface area contributed by atoms with Gasteiger partial charge >= 0.3 is 0 Å². The smallest absolute Gasteiger partial charge is 0.251 e. The van der Waals surface area contributed by atoms with E-state index in [9.17, 15) is 4.79 Å². The van der Waals surface area contributed by atoms with Crippen LogP contribution in [-0.2, 0) is 4.79 Å². The number of rotatable bonds is 2. The molecular formula is C16H15N3OS. The predicted octanol–water partition coefficient (Wildman–Crippen LogP) is 2.97. The van der Waals surface area contributed by atoms with Gasteiger partial charge in [0, 0.05) is 16.9 Å². The number of para-hydroxylation sites is 1. The first-order chi connectivity index (χ1) is 10.1. The molecule has 0 spiro atoms. The second-order valence-electron chi connectivity index (χ2n) is 4.97. The summed E-state index contributed by atoms with van der Waals surface area (Å²) in [4.78, 5) is 12.0. The molecule has 0 fully saturated rings. The summed E-state index contributed by atoms with van der Waals surface area (Å²) in [7, 11) is 0. The van der Waals surface area contributed by atoms with E-state index in [1.54, 1.807) is 0 Å². The van der Waals surface area contributed by atoms with Crippen molar-refractivity contribution in [2.24, 2.45) is 0 Å². The van der Waals surface area contributed by atoms with Gasteiger partial charge in [0.1, 0.15) is 6.04 Å². The zero-order valence-corrected chi connectivity index (χ0v) is 12.3. The Morgan fingerprint density at radius 3 is 2.62 bits per heavy atom. The number of hydrogen-bond acceptors (Lipinski definition) is 2. The minimum absolute atomic E-state index is 0.0933. The van der Waals surface area contributed by atoms with E-state index in [2.05, 4.69) is 16.0 Å². The fourth-order valence-electron chi connectivity index (χ4n) is 2.29. The molecule has 0 aromatic heterocycles. The normalized spacial score (nSPS) is 16.0. The van der Waals surface area contributed by atoms with E-state index in [4.69, 9.17) is 12.2 Å². The Labute approximate surface area is 128 Å². The van der Waals surface area contributed by atoms with Gasteiger partial charge in [0.15, 0.2) is 5.11 Å². The molecule has 1 aliphatic heterocycles. The standard InChI is InChI=1S/C16H15N3OS/c1-10-6-8-11(9-7-10)17-16(21)19-14-12-4-2-3-5-13(12)18-15(14)20/h2-9,14H,1H3,(H,18,20)(H2,17,19,21). The molecule has 3 N–H and O–H groups in total. The van der Waals surface area contributed by atoms with E-state index in [1.807, 2.05) is 55.5 Å². The molecule has 2 aromatic rings. The van der Waals surface area contributed by atoms with Crippen molar-refractivity contribution in [2.45, 2.75) is 13.0 Å². The van der Waals surface area contributed by atoms with Crippen molar-refractivity contribution < 1.29 is 4.79 Å². The molecule has 0 aliphatic carbocycles. The minimum Gasteiger partial charge on any atom is -0.347 e. The Bertz CT molecular complexity index is 697. The molecular weight excluding hydrogens is 282 g/mol. The SMILES string of the molecule is Cc1ccc(NC(=S)NC2C(=O)Nc3ccccc32)cc1. The average Bonchev–Trinajstić information content (AvgIpc) is 2.78. The molecule has 1 amide bonds. The molecule has 0 saturated heterocycles. The maximum atomic E-state index is 12.0.